The average molecular weight is 228 g/mol. The average Bonchev–Trinajstić information content (AvgIpc) is 2.60. The zero-order chi connectivity index (χ0) is 12.2. The normalized spacial score (nSPS) is 22.6. The molecule has 16 heavy (non-hydrogen) atoms. The van der Waals surface area contributed by atoms with E-state index >= 15 is 0 Å². The van der Waals surface area contributed by atoms with E-state index in [-0.39, 0.29) is 11.8 Å². The van der Waals surface area contributed by atoms with Crippen LogP contribution in [-0.2, 0) is 4.79 Å². The molecule has 0 spiro atoms. The topological polar surface area (TPSA) is 52.6 Å². The van der Waals surface area contributed by atoms with Gasteiger partial charge >= 0.3 is 5.97 Å². The third-order valence-corrected chi connectivity index (χ3v) is 3.59. The molecule has 0 radical (unpaired) electrons. The van der Waals surface area contributed by atoms with Crippen LogP contribution in [0.3, 0.4) is 0 Å². The minimum atomic E-state index is -0.731. The van der Waals surface area contributed by atoms with Crippen molar-refractivity contribution in [1.82, 2.24) is 10.2 Å². The van der Waals surface area contributed by atoms with E-state index in [4.69, 9.17) is 5.11 Å². The monoisotopic (exact) mass is 228 g/mol. The van der Waals surface area contributed by atoms with Crippen LogP contribution in [0.1, 0.15) is 26.7 Å². The van der Waals surface area contributed by atoms with Crippen LogP contribution in [0.5, 0.6) is 0 Å². The summed E-state index contributed by atoms with van der Waals surface area (Å²) >= 11 is 0. The highest BCUT2D eigenvalue weighted by molar-refractivity contribution is 5.66. The number of carbonyl (C=O) groups is 1. The van der Waals surface area contributed by atoms with Gasteiger partial charge in [-0.2, -0.15) is 0 Å². The van der Waals surface area contributed by atoms with Crippen LogP contribution in [-0.4, -0.2) is 49.2 Å². The van der Waals surface area contributed by atoms with E-state index in [2.05, 4.69) is 31.1 Å². The minimum absolute atomic E-state index is 0.209. The summed E-state index contributed by atoms with van der Waals surface area (Å²) in [5.74, 6) is -0.0132. The van der Waals surface area contributed by atoms with Gasteiger partial charge in [0, 0.05) is 19.6 Å². The standard InChI is InChI=1S/C12H24N2O2/c1-12(2,9-13-6-4-11(15)16)10-5-7-14(3)8-10/h10,13H,4-9H2,1-3H3,(H,15,16). The molecule has 1 rings (SSSR count). The molecule has 0 amide bonds. The molecule has 0 saturated carbocycles. The smallest absolute Gasteiger partial charge is 0.304 e. The molecule has 0 aromatic heterocycles. The number of hydrogen-bond donors (Lipinski definition) is 2. The van der Waals surface area contributed by atoms with Crippen LogP contribution in [0, 0.1) is 11.3 Å². The quantitative estimate of drug-likeness (QED) is 0.667. The fraction of sp³-hybridized carbons (Fsp3) is 0.917. The van der Waals surface area contributed by atoms with E-state index in [1.165, 1.54) is 13.0 Å². The number of rotatable bonds is 6. The second-order valence-corrected chi connectivity index (χ2v) is 5.56. The number of nitrogens with one attached hydrogen (secondary N) is 1. The molecule has 2 N–H and O–H groups in total. The lowest BCUT2D eigenvalue weighted by Crippen LogP contribution is -2.37. The second-order valence-electron chi connectivity index (χ2n) is 5.56. The molecule has 1 fully saturated rings. The van der Waals surface area contributed by atoms with Crippen LogP contribution in [0.2, 0.25) is 0 Å². The molecular formula is C12H24N2O2. The summed E-state index contributed by atoms with van der Waals surface area (Å²) < 4.78 is 0. The lowest BCUT2D eigenvalue weighted by Gasteiger charge is -2.31. The van der Waals surface area contributed by atoms with Gasteiger partial charge in [0.05, 0.1) is 6.42 Å². The van der Waals surface area contributed by atoms with Crippen molar-refractivity contribution in [3.8, 4) is 0 Å². The molecule has 4 nitrogen and oxygen atoms in total. The summed E-state index contributed by atoms with van der Waals surface area (Å²) in [5.41, 5.74) is 0.253. The summed E-state index contributed by atoms with van der Waals surface area (Å²) in [6.07, 6.45) is 1.46. The van der Waals surface area contributed by atoms with Gasteiger partial charge in [-0.25, -0.2) is 0 Å². The predicted molar refractivity (Wildman–Crippen MR) is 64.5 cm³/mol. The van der Waals surface area contributed by atoms with Gasteiger partial charge < -0.3 is 15.3 Å². The Morgan fingerprint density at radius 3 is 2.75 bits per heavy atom. The first-order chi connectivity index (χ1) is 7.42. The molecule has 1 aliphatic rings. The van der Waals surface area contributed by atoms with Crippen molar-refractivity contribution in [3.05, 3.63) is 0 Å². The summed E-state index contributed by atoms with van der Waals surface area (Å²) in [5, 5.41) is 11.8. The first-order valence-corrected chi connectivity index (χ1v) is 6.03. The van der Waals surface area contributed by atoms with Crippen LogP contribution in [0.4, 0.5) is 0 Å². The molecule has 1 unspecified atom stereocenters. The molecule has 0 aliphatic carbocycles. The Balaban J connectivity index is 2.25. The Morgan fingerprint density at radius 1 is 1.56 bits per heavy atom. The summed E-state index contributed by atoms with van der Waals surface area (Å²) in [6, 6.07) is 0. The minimum Gasteiger partial charge on any atom is -0.481 e. The van der Waals surface area contributed by atoms with E-state index in [1.807, 2.05) is 0 Å². The second kappa shape index (κ2) is 5.64. The maximum absolute atomic E-state index is 10.4. The number of carboxylic acids is 1. The van der Waals surface area contributed by atoms with Crippen molar-refractivity contribution < 1.29 is 9.90 Å². The lowest BCUT2D eigenvalue weighted by molar-refractivity contribution is -0.136. The van der Waals surface area contributed by atoms with Crippen molar-refractivity contribution in [2.24, 2.45) is 11.3 Å². The number of hydrogen-bond acceptors (Lipinski definition) is 3. The Bertz CT molecular complexity index is 241. The first kappa shape index (κ1) is 13.5. The van der Waals surface area contributed by atoms with Crippen molar-refractivity contribution in [3.63, 3.8) is 0 Å². The van der Waals surface area contributed by atoms with Gasteiger partial charge in [0.1, 0.15) is 0 Å². The molecule has 1 atom stereocenters. The van der Waals surface area contributed by atoms with Crippen LogP contribution >= 0.6 is 0 Å². The number of likely N-dealkylation sites (tertiary alicyclic amines) is 1. The molecule has 1 heterocycles. The van der Waals surface area contributed by atoms with Crippen LogP contribution in [0.15, 0.2) is 0 Å². The highest BCUT2D eigenvalue weighted by Crippen LogP contribution is 2.32. The number of carboxylic acid groups (broad SMARTS) is 1. The molecule has 4 heteroatoms. The molecule has 0 aromatic rings. The summed E-state index contributed by atoms with van der Waals surface area (Å²) in [4.78, 5) is 12.7. The lowest BCUT2D eigenvalue weighted by atomic mass is 9.78. The van der Waals surface area contributed by atoms with Gasteiger partial charge in [-0.05, 0) is 31.3 Å². The van der Waals surface area contributed by atoms with Crippen LogP contribution in [0.25, 0.3) is 0 Å². The molecule has 1 aliphatic heterocycles. The van der Waals surface area contributed by atoms with Crippen molar-refractivity contribution in [2.75, 3.05) is 33.2 Å². The van der Waals surface area contributed by atoms with Crippen molar-refractivity contribution >= 4 is 5.97 Å². The van der Waals surface area contributed by atoms with E-state index in [0.29, 0.717) is 6.54 Å². The van der Waals surface area contributed by atoms with E-state index in [1.54, 1.807) is 0 Å². The summed E-state index contributed by atoms with van der Waals surface area (Å²) in [6.45, 7) is 8.35. The number of nitrogens with zero attached hydrogens (tertiary/aromatic N) is 1. The zero-order valence-electron chi connectivity index (χ0n) is 10.6. The highest BCUT2D eigenvalue weighted by atomic mass is 16.4. The fourth-order valence-electron chi connectivity index (χ4n) is 2.32. The van der Waals surface area contributed by atoms with Crippen LogP contribution < -0.4 is 5.32 Å². The fourth-order valence-corrected chi connectivity index (χ4v) is 2.32. The molecule has 94 valence electrons. The van der Waals surface area contributed by atoms with Crippen molar-refractivity contribution in [2.45, 2.75) is 26.7 Å². The first-order valence-electron chi connectivity index (χ1n) is 6.03. The van der Waals surface area contributed by atoms with E-state index in [9.17, 15) is 4.79 Å². The summed E-state index contributed by atoms with van der Waals surface area (Å²) in [7, 11) is 2.16. The van der Waals surface area contributed by atoms with E-state index < -0.39 is 5.97 Å². The SMILES string of the molecule is CN1CCC(C(C)(C)CNCCC(=O)O)C1. The molecule has 1 saturated heterocycles. The van der Waals surface area contributed by atoms with Gasteiger partial charge in [-0.1, -0.05) is 13.8 Å². The van der Waals surface area contributed by atoms with Gasteiger partial charge in [0.15, 0.2) is 0 Å². The van der Waals surface area contributed by atoms with E-state index in [0.717, 1.165) is 19.0 Å². The van der Waals surface area contributed by atoms with Gasteiger partial charge in [-0.3, -0.25) is 4.79 Å². The Labute approximate surface area is 98.0 Å². The van der Waals surface area contributed by atoms with Gasteiger partial charge in [-0.15, -0.1) is 0 Å². The zero-order valence-corrected chi connectivity index (χ0v) is 10.6. The van der Waals surface area contributed by atoms with Crippen molar-refractivity contribution in [1.29, 1.82) is 0 Å². The highest BCUT2D eigenvalue weighted by Gasteiger charge is 2.33. The molecular weight excluding hydrogens is 204 g/mol. The Kier molecular flexibility index (Phi) is 4.74. The van der Waals surface area contributed by atoms with Gasteiger partial charge in [0.25, 0.3) is 0 Å². The largest absolute Gasteiger partial charge is 0.481 e. The maximum Gasteiger partial charge on any atom is 0.304 e. The molecule has 0 aromatic carbocycles. The maximum atomic E-state index is 10.4. The Morgan fingerprint density at radius 2 is 2.25 bits per heavy atom. The predicted octanol–water partition coefficient (Wildman–Crippen LogP) is 1.03. The molecule has 0 bridgehead atoms. The third-order valence-electron chi connectivity index (χ3n) is 3.59. The van der Waals surface area contributed by atoms with Gasteiger partial charge in [0.2, 0.25) is 0 Å². The Hall–Kier alpha value is -0.610. The number of aliphatic carboxylic acids is 1. The third kappa shape index (κ3) is 4.10.